The summed E-state index contributed by atoms with van der Waals surface area (Å²) in [6.45, 7) is 23.3. The monoisotopic (exact) mass is 628 g/mol. The van der Waals surface area contributed by atoms with E-state index in [0.717, 1.165) is 0 Å². The minimum atomic E-state index is -0.466. The molecule has 256 valence electrons. The van der Waals surface area contributed by atoms with Gasteiger partial charge in [0.2, 0.25) is 0 Å². The molecular formula is C32H60N4O8. The number of ether oxygens (including phenoxy) is 4. The number of hydrogen-bond acceptors (Lipinski definition) is 12. The molecule has 12 heteroatoms. The van der Waals surface area contributed by atoms with Crippen LogP contribution in [0.4, 0.5) is 0 Å². The average molecular weight is 629 g/mol. The molecule has 0 radical (unpaired) electrons. The molecule has 0 aromatic carbocycles. The van der Waals surface area contributed by atoms with E-state index in [1.807, 2.05) is 0 Å². The van der Waals surface area contributed by atoms with Crippen LogP contribution in [0.15, 0.2) is 0 Å². The third kappa shape index (κ3) is 13.8. The number of carbonyl (C=O) groups is 4. The largest absolute Gasteiger partial charge is 0.465 e. The molecule has 0 aliphatic carbocycles. The van der Waals surface area contributed by atoms with Gasteiger partial charge >= 0.3 is 23.9 Å². The Kier molecular flexibility index (Phi) is 17.4. The lowest BCUT2D eigenvalue weighted by atomic mass is 9.91. The summed E-state index contributed by atoms with van der Waals surface area (Å²) < 4.78 is 21.3. The molecule has 1 saturated heterocycles. The lowest BCUT2D eigenvalue weighted by molar-refractivity contribution is -0.149. The van der Waals surface area contributed by atoms with E-state index in [1.54, 1.807) is 27.7 Å². The van der Waals surface area contributed by atoms with Crippen LogP contribution in [0.2, 0.25) is 0 Å². The highest BCUT2D eigenvalue weighted by Gasteiger charge is 2.37. The molecule has 0 spiro atoms. The number of esters is 4. The second-order valence-corrected chi connectivity index (χ2v) is 12.7. The fourth-order valence-electron chi connectivity index (χ4n) is 6.03. The van der Waals surface area contributed by atoms with Crippen molar-refractivity contribution in [3.8, 4) is 0 Å². The summed E-state index contributed by atoms with van der Waals surface area (Å²) in [5, 5.41) is 0. The van der Waals surface area contributed by atoms with Crippen molar-refractivity contribution in [1.82, 2.24) is 19.6 Å². The average Bonchev–Trinajstić information content (AvgIpc) is 2.91. The van der Waals surface area contributed by atoms with E-state index in [0.29, 0.717) is 65.4 Å². The van der Waals surface area contributed by atoms with E-state index < -0.39 is 11.1 Å². The molecule has 1 fully saturated rings. The molecule has 2 unspecified atom stereocenters. The fraction of sp³-hybridized carbons (Fsp3) is 0.875. The third-order valence-corrected chi connectivity index (χ3v) is 8.39. The number of carbonyl (C=O) groups excluding carboxylic acids is 4. The second kappa shape index (κ2) is 19.3. The summed E-state index contributed by atoms with van der Waals surface area (Å²) in [6.07, 6.45) is 1.28. The topological polar surface area (TPSA) is 118 Å². The predicted octanol–water partition coefficient (Wildman–Crippen LogP) is 2.57. The maximum Gasteiger partial charge on any atom is 0.320 e. The lowest BCUT2D eigenvalue weighted by Gasteiger charge is -2.46. The minimum absolute atomic E-state index is 0.0656. The standard InChI is InChI=1S/C32H60N4O8/c1-11-41-27(37)21-33-15-17-35(23-29(39)43-13-3)32(9,10)20-26(6)34(22-28(38)42-12-2)16-18-36(24-30(40)44-14-4)31(7,8)19-25(33)5/h25-26H,11-24H2,1-10H3. The molecule has 12 nitrogen and oxygen atoms in total. The molecular weight excluding hydrogens is 568 g/mol. The van der Waals surface area contributed by atoms with Crippen LogP contribution < -0.4 is 0 Å². The quantitative estimate of drug-likeness (QED) is 0.234. The Balaban J connectivity index is 3.58. The second-order valence-electron chi connectivity index (χ2n) is 12.7. The van der Waals surface area contributed by atoms with Crippen LogP contribution in [0.3, 0.4) is 0 Å². The van der Waals surface area contributed by atoms with E-state index in [4.69, 9.17) is 18.9 Å². The van der Waals surface area contributed by atoms with Crippen molar-refractivity contribution < 1.29 is 38.1 Å². The van der Waals surface area contributed by atoms with Crippen LogP contribution in [0.25, 0.3) is 0 Å². The number of nitrogens with zero attached hydrogens (tertiary/aromatic N) is 4. The summed E-state index contributed by atoms with van der Waals surface area (Å²) in [5.41, 5.74) is -0.933. The molecule has 0 saturated carbocycles. The van der Waals surface area contributed by atoms with E-state index >= 15 is 0 Å². The highest BCUT2D eigenvalue weighted by atomic mass is 16.5. The Bertz CT molecular complexity index is 841. The Morgan fingerprint density at radius 3 is 1.07 bits per heavy atom. The Labute approximate surface area is 265 Å². The minimum Gasteiger partial charge on any atom is -0.465 e. The SMILES string of the molecule is CCOC(=O)CN1CCN(CC(=O)OCC)C(C)(C)CC(C)N(CC(=O)OCC)CCN(CC(=O)OCC)C(C)(C)CC1C. The van der Waals surface area contributed by atoms with Gasteiger partial charge in [0.05, 0.1) is 52.6 Å². The summed E-state index contributed by atoms with van der Waals surface area (Å²) >= 11 is 0. The molecule has 0 aromatic rings. The smallest absolute Gasteiger partial charge is 0.320 e. The first-order valence-corrected chi connectivity index (χ1v) is 16.2. The number of rotatable bonds is 12. The van der Waals surface area contributed by atoms with Gasteiger partial charge in [-0.2, -0.15) is 0 Å². The van der Waals surface area contributed by atoms with Gasteiger partial charge in [-0.15, -0.1) is 0 Å². The van der Waals surface area contributed by atoms with Gasteiger partial charge in [0.25, 0.3) is 0 Å². The third-order valence-electron chi connectivity index (χ3n) is 8.39. The van der Waals surface area contributed by atoms with Crippen molar-refractivity contribution in [3.05, 3.63) is 0 Å². The summed E-state index contributed by atoms with van der Waals surface area (Å²) in [7, 11) is 0. The molecule has 1 heterocycles. The van der Waals surface area contributed by atoms with Crippen LogP contribution >= 0.6 is 0 Å². The molecule has 44 heavy (non-hydrogen) atoms. The molecule has 0 bridgehead atoms. The van der Waals surface area contributed by atoms with E-state index in [2.05, 4.69) is 61.1 Å². The summed E-state index contributed by atoms with van der Waals surface area (Å²) in [4.78, 5) is 59.3. The molecule has 0 aromatic heterocycles. The highest BCUT2D eigenvalue weighted by molar-refractivity contribution is 5.73. The van der Waals surface area contributed by atoms with Crippen molar-refractivity contribution in [1.29, 1.82) is 0 Å². The fourth-order valence-corrected chi connectivity index (χ4v) is 6.03. The maximum atomic E-state index is 12.7. The first-order chi connectivity index (χ1) is 20.6. The van der Waals surface area contributed by atoms with Crippen molar-refractivity contribution in [2.75, 3.05) is 78.8 Å². The number of hydrogen-bond donors (Lipinski definition) is 0. The lowest BCUT2D eigenvalue weighted by Crippen LogP contribution is -2.57. The van der Waals surface area contributed by atoms with E-state index in [1.165, 1.54) is 0 Å². The Hall–Kier alpha value is -2.28. The van der Waals surface area contributed by atoms with Crippen molar-refractivity contribution in [2.45, 2.75) is 105 Å². The molecule has 1 aliphatic heterocycles. The summed E-state index contributed by atoms with van der Waals surface area (Å²) in [6, 6.07) is -0.131. The van der Waals surface area contributed by atoms with Gasteiger partial charge < -0.3 is 18.9 Å². The van der Waals surface area contributed by atoms with E-state index in [-0.39, 0.29) is 62.1 Å². The van der Waals surface area contributed by atoms with E-state index in [9.17, 15) is 19.2 Å². The maximum absolute atomic E-state index is 12.7. The van der Waals surface area contributed by atoms with Gasteiger partial charge in [0, 0.05) is 49.3 Å². The van der Waals surface area contributed by atoms with Crippen LogP contribution in [-0.2, 0) is 38.1 Å². The summed E-state index contributed by atoms with van der Waals surface area (Å²) in [5.74, 6) is -1.22. The zero-order valence-electron chi connectivity index (χ0n) is 29.1. The van der Waals surface area contributed by atoms with Gasteiger partial charge in [-0.25, -0.2) is 0 Å². The Morgan fingerprint density at radius 1 is 0.523 bits per heavy atom. The van der Waals surface area contributed by atoms with Gasteiger partial charge in [-0.05, 0) is 82.1 Å². The first kappa shape index (κ1) is 39.7. The molecule has 1 rings (SSSR count). The van der Waals surface area contributed by atoms with Gasteiger partial charge in [-0.1, -0.05) is 0 Å². The predicted molar refractivity (Wildman–Crippen MR) is 169 cm³/mol. The zero-order valence-corrected chi connectivity index (χ0v) is 29.1. The van der Waals surface area contributed by atoms with Crippen LogP contribution in [0, 0.1) is 0 Å². The Morgan fingerprint density at radius 2 is 0.795 bits per heavy atom. The molecule has 2 atom stereocenters. The molecule has 0 N–H and O–H groups in total. The highest BCUT2D eigenvalue weighted by Crippen LogP contribution is 2.27. The normalized spacial score (nSPS) is 22.9. The van der Waals surface area contributed by atoms with Crippen LogP contribution in [0.5, 0.6) is 0 Å². The van der Waals surface area contributed by atoms with Gasteiger partial charge in [-0.3, -0.25) is 38.8 Å². The van der Waals surface area contributed by atoms with Crippen molar-refractivity contribution in [3.63, 3.8) is 0 Å². The zero-order chi connectivity index (χ0) is 33.5. The first-order valence-electron chi connectivity index (χ1n) is 16.2. The van der Waals surface area contributed by atoms with Gasteiger partial charge in [0.15, 0.2) is 0 Å². The van der Waals surface area contributed by atoms with Gasteiger partial charge in [0.1, 0.15) is 0 Å². The van der Waals surface area contributed by atoms with Crippen molar-refractivity contribution >= 4 is 23.9 Å². The van der Waals surface area contributed by atoms with Crippen molar-refractivity contribution in [2.24, 2.45) is 0 Å². The van der Waals surface area contributed by atoms with Crippen LogP contribution in [0.1, 0.15) is 82.1 Å². The molecule has 1 aliphatic rings. The van der Waals surface area contributed by atoms with Crippen LogP contribution in [-0.4, -0.2) is 145 Å². The molecule has 0 amide bonds.